The van der Waals surface area contributed by atoms with Gasteiger partial charge in [0.1, 0.15) is 0 Å². The molecule has 1 amide bonds. The third-order valence-electron chi connectivity index (χ3n) is 5.81. The SMILES string of the molecule is CCc1ccc(C(=O)N2CCN(C(c3ccccc3)c3ccccc3)CC2)cc1. The van der Waals surface area contributed by atoms with Crippen LogP contribution >= 0.6 is 0 Å². The minimum Gasteiger partial charge on any atom is -0.336 e. The molecule has 3 heteroatoms. The predicted octanol–water partition coefficient (Wildman–Crippen LogP) is 4.80. The number of rotatable bonds is 5. The molecule has 3 nitrogen and oxygen atoms in total. The molecule has 3 aromatic rings. The van der Waals surface area contributed by atoms with Gasteiger partial charge in [0, 0.05) is 31.7 Å². The smallest absolute Gasteiger partial charge is 0.253 e. The Morgan fingerprint density at radius 2 is 1.28 bits per heavy atom. The zero-order valence-corrected chi connectivity index (χ0v) is 17.0. The summed E-state index contributed by atoms with van der Waals surface area (Å²) in [5, 5.41) is 0. The van der Waals surface area contributed by atoms with E-state index in [9.17, 15) is 4.79 Å². The Morgan fingerprint density at radius 3 is 1.76 bits per heavy atom. The van der Waals surface area contributed by atoms with Gasteiger partial charge < -0.3 is 4.90 Å². The van der Waals surface area contributed by atoms with E-state index in [0.29, 0.717) is 0 Å². The summed E-state index contributed by atoms with van der Waals surface area (Å²) in [5.41, 5.74) is 4.65. The second-order valence-electron chi connectivity index (χ2n) is 7.60. The highest BCUT2D eigenvalue weighted by Crippen LogP contribution is 2.29. The number of hydrogen-bond acceptors (Lipinski definition) is 2. The summed E-state index contributed by atoms with van der Waals surface area (Å²) in [6.45, 7) is 5.38. The van der Waals surface area contributed by atoms with Crippen molar-refractivity contribution in [2.75, 3.05) is 26.2 Å². The number of aryl methyl sites for hydroxylation is 1. The highest BCUT2D eigenvalue weighted by molar-refractivity contribution is 5.94. The highest BCUT2D eigenvalue weighted by Gasteiger charge is 2.28. The van der Waals surface area contributed by atoms with E-state index >= 15 is 0 Å². The van der Waals surface area contributed by atoms with Crippen molar-refractivity contribution in [2.24, 2.45) is 0 Å². The number of piperazine rings is 1. The van der Waals surface area contributed by atoms with Gasteiger partial charge >= 0.3 is 0 Å². The first-order chi connectivity index (χ1) is 14.3. The molecule has 0 bridgehead atoms. The van der Waals surface area contributed by atoms with Crippen LogP contribution in [0.3, 0.4) is 0 Å². The lowest BCUT2D eigenvalue weighted by atomic mass is 9.96. The van der Waals surface area contributed by atoms with Gasteiger partial charge in [-0.15, -0.1) is 0 Å². The van der Waals surface area contributed by atoms with E-state index in [1.807, 2.05) is 17.0 Å². The van der Waals surface area contributed by atoms with E-state index in [1.54, 1.807) is 0 Å². The van der Waals surface area contributed by atoms with E-state index in [1.165, 1.54) is 16.7 Å². The predicted molar refractivity (Wildman–Crippen MR) is 118 cm³/mol. The Hall–Kier alpha value is -2.91. The molecular formula is C26H28N2O. The minimum atomic E-state index is 0.142. The third-order valence-corrected chi connectivity index (χ3v) is 5.81. The Balaban J connectivity index is 1.48. The number of amides is 1. The van der Waals surface area contributed by atoms with E-state index in [2.05, 4.69) is 84.6 Å². The number of hydrogen-bond donors (Lipinski definition) is 0. The molecule has 1 aliphatic rings. The standard InChI is InChI=1S/C26H28N2O/c1-2-21-13-15-24(16-14-21)26(29)28-19-17-27(18-20-28)25(22-9-5-3-6-10-22)23-11-7-4-8-12-23/h3-16,25H,2,17-20H2,1H3. The van der Waals surface area contributed by atoms with Crippen molar-refractivity contribution in [2.45, 2.75) is 19.4 Å². The van der Waals surface area contributed by atoms with Crippen LogP contribution in [0.5, 0.6) is 0 Å². The van der Waals surface area contributed by atoms with Gasteiger partial charge in [0.05, 0.1) is 6.04 Å². The van der Waals surface area contributed by atoms with Gasteiger partial charge in [-0.3, -0.25) is 9.69 Å². The zero-order valence-electron chi connectivity index (χ0n) is 17.0. The molecule has 0 spiro atoms. The van der Waals surface area contributed by atoms with Crippen molar-refractivity contribution in [3.05, 3.63) is 107 Å². The first-order valence-corrected chi connectivity index (χ1v) is 10.5. The van der Waals surface area contributed by atoms with Crippen LogP contribution in [0.15, 0.2) is 84.9 Å². The normalized spacial score (nSPS) is 14.9. The lowest BCUT2D eigenvalue weighted by molar-refractivity contribution is 0.0597. The largest absolute Gasteiger partial charge is 0.336 e. The molecule has 29 heavy (non-hydrogen) atoms. The fraction of sp³-hybridized carbons (Fsp3) is 0.269. The van der Waals surface area contributed by atoms with Crippen molar-refractivity contribution in [1.82, 2.24) is 9.80 Å². The van der Waals surface area contributed by atoms with Crippen LogP contribution in [-0.2, 0) is 6.42 Å². The number of nitrogens with zero attached hydrogens (tertiary/aromatic N) is 2. The number of benzene rings is 3. The lowest BCUT2D eigenvalue weighted by Gasteiger charge is -2.39. The van der Waals surface area contributed by atoms with Crippen molar-refractivity contribution in [3.63, 3.8) is 0 Å². The van der Waals surface area contributed by atoms with Gasteiger partial charge in [-0.05, 0) is 35.2 Å². The summed E-state index contributed by atoms with van der Waals surface area (Å²) >= 11 is 0. The fourth-order valence-electron chi connectivity index (χ4n) is 4.13. The summed E-state index contributed by atoms with van der Waals surface area (Å²) in [6.07, 6.45) is 0.994. The average Bonchev–Trinajstić information content (AvgIpc) is 2.81. The lowest BCUT2D eigenvalue weighted by Crippen LogP contribution is -2.49. The molecule has 1 heterocycles. The second kappa shape index (κ2) is 9.06. The van der Waals surface area contributed by atoms with Crippen LogP contribution in [0, 0.1) is 0 Å². The van der Waals surface area contributed by atoms with Crippen molar-refractivity contribution < 1.29 is 4.79 Å². The van der Waals surface area contributed by atoms with Gasteiger partial charge in [0.25, 0.3) is 5.91 Å². The molecule has 0 atom stereocenters. The van der Waals surface area contributed by atoms with E-state index in [0.717, 1.165) is 38.2 Å². The van der Waals surface area contributed by atoms with Gasteiger partial charge in [-0.1, -0.05) is 79.7 Å². The van der Waals surface area contributed by atoms with E-state index in [4.69, 9.17) is 0 Å². The van der Waals surface area contributed by atoms with Crippen LogP contribution < -0.4 is 0 Å². The van der Waals surface area contributed by atoms with E-state index < -0.39 is 0 Å². The van der Waals surface area contributed by atoms with Crippen molar-refractivity contribution in [1.29, 1.82) is 0 Å². The Labute approximate surface area is 173 Å². The quantitative estimate of drug-likeness (QED) is 0.631. The molecule has 0 radical (unpaired) electrons. The van der Waals surface area contributed by atoms with Crippen LogP contribution in [0.2, 0.25) is 0 Å². The number of carbonyl (C=O) groups excluding carboxylic acids is 1. The maximum absolute atomic E-state index is 12.9. The molecule has 0 aliphatic carbocycles. The third kappa shape index (κ3) is 4.41. The molecular weight excluding hydrogens is 356 g/mol. The summed E-state index contributed by atoms with van der Waals surface area (Å²) in [5.74, 6) is 0.142. The molecule has 0 N–H and O–H groups in total. The highest BCUT2D eigenvalue weighted by atomic mass is 16.2. The first-order valence-electron chi connectivity index (χ1n) is 10.5. The first kappa shape index (κ1) is 19.4. The molecule has 1 fully saturated rings. The van der Waals surface area contributed by atoms with Gasteiger partial charge in [-0.2, -0.15) is 0 Å². The zero-order chi connectivity index (χ0) is 20.1. The Kier molecular flexibility index (Phi) is 6.06. The van der Waals surface area contributed by atoms with Gasteiger partial charge in [0.15, 0.2) is 0 Å². The van der Waals surface area contributed by atoms with Crippen LogP contribution in [0.25, 0.3) is 0 Å². The van der Waals surface area contributed by atoms with Crippen molar-refractivity contribution in [3.8, 4) is 0 Å². The maximum Gasteiger partial charge on any atom is 0.253 e. The van der Waals surface area contributed by atoms with Gasteiger partial charge in [-0.25, -0.2) is 0 Å². The minimum absolute atomic E-state index is 0.142. The molecule has 0 saturated carbocycles. The van der Waals surface area contributed by atoms with Crippen LogP contribution in [-0.4, -0.2) is 41.9 Å². The molecule has 4 rings (SSSR count). The second-order valence-corrected chi connectivity index (χ2v) is 7.60. The molecule has 3 aromatic carbocycles. The molecule has 148 valence electrons. The maximum atomic E-state index is 12.9. The molecule has 1 aliphatic heterocycles. The van der Waals surface area contributed by atoms with Crippen LogP contribution in [0.1, 0.15) is 40.0 Å². The Morgan fingerprint density at radius 1 is 0.759 bits per heavy atom. The Bertz CT molecular complexity index is 874. The summed E-state index contributed by atoms with van der Waals surface area (Å²) in [6, 6.07) is 29.6. The topological polar surface area (TPSA) is 23.6 Å². The molecule has 1 saturated heterocycles. The fourth-order valence-corrected chi connectivity index (χ4v) is 4.13. The number of carbonyl (C=O) groups is 1. The van der Waals surface area contributed by atoms with Gasteiger partial charge in [0.2, 0.25) is 0 Å². The molecule has 0 aromatic heterocycles. The van der Waals surface area contributed by atoms with E-state index in [-0.39, 0.29) is 11.9 Å². The summed E-state index contributed by atoms with van der Waals surface area (Å²) in [4.78, 5) is 17.4. The molecule has 0 unspecified atom stereocenters. The monoisotopic (exact) mass is 384 g/mol. The summed E-state index contributed by atoms with van der Waals surface area (Å²) in [7, 11) is 0. The summed E-state index contributed by atoms with van der Waals surface area (Å²) < 4.78 is 0. The van der Waals surface area contributed by atoms with Crippen molar-refractivity contribution >= 4 is 5.91 Å². The average molecular weight is 385 g/mol. The van der Waals surface area contributed by atoms with Crippen LogP contribution in [0.4, 0.5) is 0 Å².